The summed E-state index contributed by atoms with van der Waals surface area (Å²) in [6.45, 7) is 0. The highest BCUT2D eigenvalue weighted by atomic mass is 16.5. The highest BCUT2D eigenvalue weighted by Crippen LogP contribution is 2.32. The SMILES string of the molecule is O=C(Oc1cccc2cc3cc4ccccc4cc3cc12)c1ccc2ccccc2c1. The van der Waals surface area contributed by atoms with Crippen LogP contribution in [-0.2, 0) is 0 Å². The minimum atomic E-state index is -0.350. The lowest BCUT2D eigenvalue weighted by molar-refractivity contribution is 0.0737. The van der Waals surface area contributed by atoms with Gasteiger partial charge in [-0.25, -0.2) is 4.79 Å². The van der Waals surface area contributed by atoms with Crippen molar-refractivity contribution < 1.29 is 9.53 Å². The van der Waals surface area contributed by atoms with Gasteiger partial charge in [0.05, 0.1) is 5.56 Å². The van der Waals surface area contributed by atoms with Crippen LogP contribution in [-0.4, -0.2) is 5.97 Å². The van der Waals surface area contributed by atoms with E-state index in [0.717, 1.165) is 26.9 Å². The van der Waals surface area contributed by atoms with E-state index in [2.05, 4.69) is 48.5 Å². The first kappa shape index (κ1) is 17.7. The van der Waals surface area contributed by atoms with Crippen LogP contribution in [0.4, 0.5) is 0 Å². The zero-order valence-electron chi connectivity index (χ0n) is 16.7. The van der Waals surface area contributed by atoms with Gasteiger partial charge < -0.3 is 4.74 Å². The Labute approximate surface area is 179 Å². The average molecular weight is 398 g/mol. The molecule has 6 aromatic rings. The lowest BCUT2D eigenvalue weighted by Gasteiger charge is -2.10. The van der Waals surface area contributed by atoms with Crippen LogP contribution in [0.5, 0.6) is 5.75 Å². The third-order valence-electron chi connectivity index (χ3n) is 5.85. The second-order valence-corrected chi connectivity index (χ2v) is 7.83. The van der Waals surface area contributed by atoms with E-state index in [1.165, 1.54) is 16.2 Å². The monoisotopic (exact) mass is 398 g/mol. The molecule has 0 unspecified atom stereocenters. The van der Waals surface area contributed by atoms with Crippen LogP contribution in [0.15, 0.2) is 109 Å². The van der Waals surface area contributed by atoms with Gasteiger partial charge in [-0.1, -0.05) is 66.7 Å². The van der Waals surface area contributed by atoms with Crippen LogP contribution in [0.2, 0.25) is 0 Å². The minimum absolute atomic E-state index is 0.350. The van der Waals surface area contributed by atoms with Crippen molar-refractivity contribution in [2.24, 2.45) is 0 Å². The molecule has 146 valence electrons. The van der Waals surface area contributed by atoms with Gasteiger partial charge >= 0.3 is 5.97 Å². The molecule has 0 bridgehead atoms. The molecule has 0 aliphatic rings. The number of carbonyl (C=O) groups excluding carboxylic acids is 1. The Morgan fingerprint density at radius 2 is 1.06 bits per heavy atom. The summed E-state index contributed by atoms with van der Waals surface area (Å²) in [4.78, 5) is 12.9. The first-order chi connectivity index (χ1) is 15.2. The molecule has 0 aliphatic carbocycles. The van der Waals surface area contributed by atoms with Gasteiger partial charge in [0.25, 0.3) is 0 Å². The summed E-state index contributed by atoms with van der Waals surface area (Å²) in [6.07, 6.45) is 0. The molecule has 0 saturated carbocycles. The van der Waals surface area contributed by atoms with Crippen LogP contribution in [0, 0.1) is 0 Å². The van der Waals surface area contributed by atoms with Crippen molar-refractivity contribution in [2.75, 3.05) is 0 Å². The van der Waals surface area contributed by atoms with Gasteiger partial charge in [-0.2, -0.15) is 0 Å². The average Bonchev–Trinajstić information content (AvgIpc) is 2.81. The Bertz CT molecular complexity index is 1630. The topological polar surface area (TPSA) is 26.3 Å². The van der Waals surface area contributed by atoms with Crippen LogP contribution >= 0.6 is 0 Å². The maximum absolute atomic E-state index is 12.9. The van der Waals surface area contributed by atoms with Gasteiger partial charge in [0.2, 0.25) is 0 Å². The summed E-state index contributed by atoms with van der Waals surface area (Å²) in [5.74, 6) is 0.225. The Hall–Kier alpha value is -4.17. The van der Waals surface area contributed by atoms with Crippen LogP contribution < -0.4 is 4.74 Å². The Kier molecular flexibility index (Phi) is 3.97. The molecule has 0 spiro atoms. The summed E-state index contributed by atoms with van der Waals surface area (Å²) in [6, 6.07) is 36.5. The van der Waals surface area contributed by atoms with Crippen LogP contribution in [0.25, 0.3) is 43.1 Å². The molecule has 0 aromatic heterocycles. The van der Waals surface area contributed by atoms with E-state index < -0.39 is 0 Å². The summed E-state index contributed by atoms with van der Waals surface area (Å²) in [7, 11) is 0. The van der Waals surface area contributed by atoms with E-state index in [4.69, 9.17) is 4.74 Å². The molecule has 0 heterocycles. The summed E-state index contributed by atoms with van der Waals surface area (Å²) in [5.41, 5.74) is 0.544. The molecule has 0 fully saturated rings. The third-order valence-corrected chi connectivity index (χ3v) is 5.85. The first-order valence-corrected chi connectivity index (χ1v) is 10.3. The van der Waals surface area contributed by atoms with Gasteiger partial charge in [-0.05, 0) is 80.2 Å². The minimum Gasteiger partial charge on any atom is -0.422 e. The second-order valence-electron chi connectivity index (χ2n) is 7.83. The van der Waals surface area contributed by atoms with Gasteiger partial charge in [-0.15, -0.1) is 0 Å². The number of hydrogen-bond acceptors (Lipinski definition) is 2. The molecule has 31 heavy (non-hydrogen) atoms. The fourth-order valence-electron chi connectivity index (χ4n) is 4.25. The fourth-order valence-corrected chi connectivity index (χ4v) is 4.25. The molecule has 6 rings (SSSR count). The highest BCUT2D eigenvalue weighted by molar-refractivity contribution is 6.07. The normalized spacial score (nSPS) is 11.4. The maximum Gasteiger partial charge on any atom is 0.343 e. The summed E-state index contributed by atoms with van der Waals surface area (Å²) < 4.78 is 5.86. The van der Waals surface area contributed by atoms with E-state index in [0.29, 0.717) is 11.3 Å². The number of hydrogen-bond donors (Lipinski definition) is 0. The van der Waals surface area contributed by atoms with E-state index in [1.807, 2.05) is 60.7 Å². The van der Waals surface area contributed by atoms with E-state index in [1.54, 1.807) is 0 Å². The van der Waals surface area contributed by atoms with Crippen molar-refractivity contribution >= 4 is 49.1 Å². The van der Waals surface area contributed by atoms with E-state index >= 15 is 0 Å². The lowest BCUT2D eigenvalue weighted by Crippen LogP contribution is -2.08. The van der Waals surface area contributed by atoms with Gasteiger partial charge in [-0.3, -0.25) is 0 Å². The lowest BCUT2D eigenvalue weighted by atomic mass is 9.99. The summed E-state index contributed by atoms with van der Waals surface area (Å²) >= 11 is 0. The quantitative estimate of drug-likeness (QED) is 0.171. The van der Waals surface area contributed by atoms with E-state index in [-0.39, 0.29) is 5.97 Å². The van der Waals surface area contributed by atoms with Crippen molar-refractivity contribution in [1.29, 1.82) is 0 Å². The van der Waals surface area contributed by atoms with Crippen LogP contribution in [0.1, 0.15) is 10.4 Å². The molecule has 6 aromatic carbocycles. The Balaban J connectivity index is 1.44. The number of rotatable bonds is 2. The van der Waals surface area contributed by atoms with Gasteiger partial charge in [0, 0.05) is 5.39 Å². The number of esters is 1. The third kappa shape index (κ3) is 3.10. The number of ether oxygens (including phenoxy) is 1. The number of fused-ring (bicyclic) bond motifs is 4. The second kappa shape index (κ2) is 6.96. The molecule has 2 heteroatoms. The predicted molar refractivity (Wildman–Crippen MR) is 128 cm³/mol. The predicted octanol–water partition coefficient (Wildman–Crippen LogP) is 7.52. The molecule has 2 nitrogen and oxygen atoms in total. The smallest absolute Gasteiger partial charge is 0.343 e. The fraction of sp³-hybridized carbons (Fsp3) is 0. The molecule has 0 atom stereocenters. The largest absolute Gasteiger partial charge is 0.422 e. The molecular weight excluding hydrogens is 380 g/mol. The molecule has 0 aliphatic heterocycles. The van der Waals surface area contributed by atoms with Crippen molar-refractivity contribution in [2.45, 2.75) is 0 Å². The Morgan fingerprint density at radius 3 is 1.81 bits per heavy atom. The first-order valence-electron chi connectivity index (χ1n) is 10.3. The maximum atomic E-state index is 12.9. The zero-order valence-corrected chi connectivity index (χ0v) is 16.7. The van der Waals surface area contributed by atoms with Gasteiger partial charge in [0.1, 0.15) is 5.75 Å². The van der Waals surface area contributed by atoms with Crippen molar-refractivity contribution in [1.82, 2.24) is 0 Å². The molecule has 0 N–H and O–H groups in total. The van der Waals surface area contributed by atoms with Crippen molar-refractivity contribution in [3.05, 3.63) is 115 Å². The molecule has 0 radical (unpaired) electrons. The zero-order chi connectivity index (χ0) is 20.8. The standard InChI is InChI=1S/C29H18O2/c30-29(24-13-12-19-6-1-2-7-20(19)14-24)31-28-11-5-10-23-17-25-15-21-8-3-4-9-22(21)16-26(25)18-27(23)28/h1-18H. The van der Waals surface area contributed by atoms with Gasteiger partial charge in [0.15, 0.2) is 0 Å². The molecule has 0 amide bonds. The molecule has 0 saturated heterocycles. The van der Waals surface area contributed by atoms with Crippen molar-refractivity contribution in [3.8, 4) is 5.75 Å². The Morgan fingerprint density at radius 1 is 0.484 bits per heavy atom. The van der Waals surface area contributed by atoms with E-state index in [9.17, 15) is 4.79 Å². The molecular formula is C29H18O2. The van der Waals surface area contributed by atoms with Crippen molar-refractivity contribution in [3.63, 3.8) is 0 Å². The highest BCUT2D eigenvalue weighted by Gasteiger charge is 2.12. The number of benzene rings is 6. The van der Waals surface area contributed by atoms with Crippen LogP contribution in [0.3, 0.4) is 0 Å². The summed E-state index contributed by atoms with van der Waals surface area (Å²) in [5, 5.41) is 8.81. The number of carbonyl (C=O) groups is 1.